The zero-order valence-corrected chi connectivity index (χ0v) is 26.0. The summed E-state index contributed by atoms with van der Waals surface area (Å²) in [5.41, 5.74) is 5.20. The second-order valence-electron chi connectivity index (χ2n) is 11.2. The number of aryl methyl sites for hydroxylation is 1. The molecule has 1 aliphatic heterocycles. The van der Waals surface area contributed by atoms with E-state index in [4.69, 9.17) is 9.40 Å². The number of pyridine rings is 1. The van der Waals surface area contributed by atoms with Crippen molar-refractivity contribution in [1.82, 2.24) is 15.2 Å². The predicted octanol–water partition coefficient (Wildman–Crippen LogP) is 5.56. The Morgan fingerprint density at radius 2 is 1.78 bits per heavy atom. The second-order valence-corrected chi connectivity index (χ2v) is 13.2. The molecule has 0 atom stereocenters. The number of hydrogen-bond donors (Lipinski definition) is 1. The summed E-state index contributed by atoms with van der Waals surface area (Å²) in [5.74, 6) is -0.656. The molecule has 5 aromatic rings. The van der Waals surface area contributed by atoms with Crippen molar-refractivity contribution in [3.63, 3.8) is 0 Å². The van der Waals surface area contributed by atoms with Gasteiger partial charge in [0.05, 0.1) is 23.2 Å². The summed E-state index contributed by atoms with van der Waals surface area (Å²) in [5, 5.41) is 3.15. The van der Waals surface area contributed by atoms with Crippen molar-refractivity contribution in [3.8, 4) is 22.6 Å². The molecule has 0 spiro atoms. The molecule has 0 fully saturated rings. The number of benzene rings is 3. The van der Waals surface area contributed by atoms with E-state index in [0.29, 0.717) is 58.6 Å². The number of carbonyl (C=O) groups is 2. The Bertz CT molecular complexity index is 2070. The molecule has 9 nitrogen and oxygen atoms in total. The number of halogens is 1. The van der Waals surface area contributed by atoms with Gasteiger partial charge in [-0.2, -0.15) is 0 Å². The number of amides is 2. The van der Waals surface area contributed by atoms with Gasteiger partial charge in [0.2, 0.25) is 10.0 Å². The first-order valence-corrected chi connectivity index (χ1v) is 16.2. The summed E-state index contributed by atoms with van der Waals surface area (Å²) in [6.45, 7) is 2.73. The lowest BCUT2D eigenvalue weighted by molar-refractivity contribution is 0.0720. The van der Waals surface area contributed by atoms with Crippen LogP contribution in [0.4, 0.5) is 10.1 Å². The molecule has 2 aromatic heterocycles. The van der Waals surface area contributed by atoms with E-state index in [-0.39, 0.29) is 29.0 Å². The fraction of sp³-hybridized carbons (Fsp3) is 0.206. The Morgan fingerprint density at radius 3 is 2.44 bits per heavy atom. The zero-order chi connectivity index (χ0) is 32.0. The van der Waals surface area contributed by atoms with Crippen LogP contribution in [0.15, 0.2) is 77.2 Å². The number of fused-ring (bicyclic) bond motifs is 2. The molecule has 1 N–H and O–H groups in total. The van der Waals surface area contributed by atoms with E-state index >= 15 is 0 Å². The maximum atomic E-state index is 13.6. The lowest BCUT2D eigenvalue weighted by Gasteiger charge is -2.28. The highest BCUT2D eigenvalue weighted by molar-refractivity contribution is 7.92. The fourth-order valence-electron chi connectivity index (χ4n) is 5.53. The van der Waals surface area contributed by atoms with Gasteiger partial charge in [0.15, 0.2) is 0 Å². The highest BCUT2D eigenvalue weighted by Gasteiger charge is 2.29. The van der Waals surface area contributed by atoms with Crippen LogP contribution >= 0.6 is 0 Å². The van der Waals surface area contributed by atoms with Crippen molar-refractivity contribution in [2.45, 2.75) is 19.9 Å². The van der Waals surface area contributed by atoms with E-state index in [1.54, 1.807) is 35.2 Å². The normalized spacial score (nSPS) is 13.2. The third-order valence-corrected chi connectivity index (χ3v) is 9.28. The molecule has 3 aromatic carbocycles. The monoisotopic (exact) mass is 626 g/mol. The van der Waals surface area contributed by atoms with Crippen LogP contribution in [0.2, 0.25) is 0 Å². The van der Waals surface area contributed by atoms with Gasteiger partial charge in [-0.1, -0.05) is 48.0 Å². The molecule has 2 amide bonds. The van der Waals surface area contributed by atoms with Gasteiger partial charge in [-0.25, -0.2) is 17.8 Å². The SMILES string of the molecule is CNC(=O)c1c(-c2ccc(C)cc2)oc2cc(N(C)S(C)(=O)=O)c(-c3ccc4c(n3)C(=O)N(Cc3ccc(F)cc3)CC4)cc12. The summed E-state index contributed by atoms with van der Waals surface area (Å²) in [7, 11) is -0.771. The quantitative estimate of drug-likeness (QED) is 0.253. The topological polar surface area (TPSA) is 113 Å². The van der Waals surface area contributed by atoms with Crippen molar-refractivity contribution >= 4 is 38.5 Å². The first-order valence-electron chi connectivity index (χ1n) is 14.3. The molecule has 0 radical (unpaired) electrons. The van der Waals surface area contributed by atoms with E-state index in [9.17, 15) is 22.4 Å². The van der Waals surface area contributed by atoms with Crippen LogP contribution < -0.4 is 9.62 Å². The zero-order valence-electron chi connectivity index (χ0n) is 25.2. The van der Waals surface area contributed by atoms with Gasteiger partial charge in [0, 0.05) is 49.8 Å². The molecule has 6 rings (SSSR count). The van der Waals surface area contributed by atoms with E-state index < -0.39 is 10.0 Å². The van der Waals surface area contributed by atoms with E-state index in [1.165, 1.54) is 26.2 Å². The van der Waals surface area contributed by atoms with Gasteiger partial charge >= 0.3 is 0 Å². The summed E-state index contributed by atoms with van der Waals surface area (Å²) in [6, 6.07) is 20.4. The Morgan fingerprint density at radius 1 is 1.07 bits per heavy atom. The number of rotatable bonds is 7. The lowest BCUT2D eigenvalue weighted by atomic mass is 9.98. The summed E-state index contributed by atoms with van der Waals surface area (Å²) in [6.07, 6.45) is 1.67. The largest absolute Gasteiger partial charge is 0.455 e. The summed E-state index contributed by atoms with van der Waals surface area (Å²) < 4.78 is 46.4. The van der Waals surface area contributed by atoms with Crippen LogP contribution in [0.5, 0.6) is 0 Å². The van der Waals surface area contributed by atoms with Gasteiger partial charge in [-0.3, -0.25) is 13.9 Å². The maximum absolute atomic E-state index is 13.6. The average Bonchev–Trinajstić information content (AvgIpc) is 3.40. The Balaban J connectivity index is 1.51. The third-order valence-electron chi connectivity index (χ3n) is 8.09. The number of aromatic nitrogens is 1. The minimum absolute atomic E-state index is 0.257. The smallest absolute Gasteiger partial charge is 0.273 e. The molecule has 0 unspecified atom stereocenters. The molecule has 0 bridgehead atoms. The fourth-order valence-corrected chi connectivity index (χ4v) is 6.04. The molecule has 0 saturated heterocycles. The number of furan rings is 1. The van der Waals surface area contributed by atoms with Crippen LogP contribution in [0, 0.1) is 12.7 Å². The van der Waals surface area contributed by atoms with Crippen molar-refractivity contribution in [2.24, 2.45) is 0 Å². The third kappa shape index (κ3) is 5.66. The van der Waals surface area contributed by atoms with Crippen LogP contribution in [-0.2, 0) is 23.0 Å². The van der Waals surface area contributed by atoms with Crippen molar-refractivity contribution in [2.75, 3.05) is 31.2 Å². The van der Waals surface area contributed by atoms with Crippen LogP contribution in [0.25, 0.3) is 33.6 Å². The van der Waals surface area contributed by atoms with Crippen LogP contribution in [0.3, 0.4) is 0 Å². The number of hydrogen-bond acceptors (Lipinski definition) is 6. The predicted molar refractivity (Wildman–Crippen MR) is 171 cm³/mol. The van der Waals surface area contributed by atoms with Crippen LogP contribution in [-0.4, -0.2) is 57.0 Å². The molecule has 11 heteroatoms. The highest BCUT2D eigenvalue weighted by atomic mass is 32.2. The number of sulfonamides is 1. The molecular formula is C34H31FN4O5S. The first kappa shape index (κ1) is 30.0. The van der Waals surface area contributed by atoms with Crippen LogP contribution in [0.1, 0.15) is 37.5 Å². The molecular weight excluding hydrogens is 595 g/mol. The molecule has 0 saturated carbocycles. The Hall–Kier alpha value is -5.03. The minimum atomic E-state index is -3.73. The van der Waals surface area contributed by atoms with Gasteiger partial charge in [-0.05, 0) is 48.7 Å². The van der Waals surface area contributed by atoms with Gasteiger partial charge in [-0.15, -0.1) is 0 Å². The second kappa shape index (κ2) is 11.5. The van der Waals surface area contributed by atoms with Crippen molar-refractivity contribution in [3.05, 3.63) is 107 Å². The maximum Gasteiger partial charge on any atom is 0.273 e. The molecule has 3 heterocycles. The molecule has 45 heavy (non-hydrogen) atoms. The standard InChI is InChI=1S/C34H31FN4O5S/c1-20-5-9-23(10-6-20)32-30(33(40)36-2)26-17-25(28(18-29(26)44-32)38(3)45(4,42)43)27-14-11-22-15-16-39(34(41)31(22)37-27)19-21-7-12-24(35)13-8-21/h5-14,17-18H,15-16,19H2,1-4H3,(H,36,40). The number of nitrogens with one attached hydrogen (secondary N) is 1. The lowest BCUT2D eigenvalue weighted by Crippen LogP contribution is -2.37. The minimum Gasteiger partial charge on any atom is -0.455 e. The summed E-state index contributed by atoms with van der Waals surface area (Å²) >= 11 is 0. The van der Waals surface area contributed by atoms with Crippen molar-refractivity contribution in [1.29, 1.82) is 0 Å². The molecule has 1 aliphatic rings. The number of carbonyl (C=O) groups excluding carboxylic acids is 2. The summed E-state index contributed by atoms with van der Waals surface area (Å²) in [4.78, 5) is 33.3. The number of anilines is 1. The van der Waals surface area contributed by atoms with E-state index in [1.807, 2.05) is 37.3 Å². The van der Waals surface area contributed by atoms with Crippen molar-refractivity contribution < 1.29 is 26.8 Å². The Labute approximate surface area is 260 Å². The molecule has 0 aliphatic carbocycles. The number of nitrogens with zero attached hydrogens (tertiary/aromatic N) is 3. The first-order chi connectivity index (χ1) is 21.4. The Kier molecular flexibility index (Phi) is 7.65. The van der Waals surface area contributed by atoms with Gasteiger partial charge in [0.1, 0.15) is 22.9 Å². The van der Waals surface area contributed by atoms with E-state index in [0.717, 1.165) is 27.3 Å². The van der Waals surface area contributed by atoms with Gasteiger partial charge < -0.3 is 14.6 Å². The average molecular weight is 627 g/mol. The van der Waals surface area contributed by atoms with Gasteiger partial charge in [0.25, 0.3) is 11.8 Å². The van der Waals surface area contributed by atoms with E-state index in [2.05, 4.69) is 5.32 Å². The molecule has 230 valence electrons. The highest BCUT2D eigenvalue weighted by Crippen LogP contribution is 2.41.